The molecule has 1 rings (SSSR count). The zero-order chi connectivity index (χ0) is 17.5. The summed E-state index contributed by atoms with van der Waals surface area (Å²) in [6, 6.07) is 9.30. The highest BCUT2D eigenvalue weighted by Crippen LogP contribution is 2.14. The van der Waals surface area contributed by atoms with Gasteiger partial charge in [0.05, 0.1) is 12.3 Å². The molecular weight excluding hydrogens is 296 g/mol. The number of carbonyl (C=O) groups is 2. The lowest BCUT2D eigenvalue weighted by Crippen LogP contribution is -2.29. The fourth-order valence-electron chi connectivity index (χ4n) is 1.80. The van der Waals surface area contributed by atoms with Crippen molar-refractivity contribution in [3.8, 4) is 5.75 Å². The SMILES string of the molecule is C[C@H](CC(=O)OC(C)(C)C)C(=O)O[C@@H](C)COc1ccccc1. The zero-order valence-electron chi connectivity index (χ0n) is 14.5. The van der Waals surface area contributed by atoms with Gasteiger partial charge in [0.1, 0.15) is 24.1 Å². The minimum absolute atomic E-state index is 0.00235. The number of hydrogen-bond acceptors (Lipinski definition) is 5. The minimum atomic E-state index is -0.558. The average molecular weight is 322 g/mol. The van der Waals surface area contributed by atoms with Gasteiger partial charge in [0.2, 0.25) is 0 Å². The Kier molecular flexibility index (Phi) is 7.07. The molecule has 0 amide bonds. The first-order chi connectivity index (χ1) is 10.7. The molecule has 0 aliphatic heterocycles. The van der Waals surface area contributed by atoms with Crippen molar-refractivity contribution in [1.82, 2.24) is 0 Å². The van der Waals surface area contributed by atoms with E-state index in [-0.39, 0.29) is 13.0 Å². The molecule has 0 bridgehead atoms. The zero-order valence-corrected chi connectivity index (χ0v) is 14.5. The third-order valence-corrected chi connectivity index (χ3v) is 2.84. The number of benzene rings is 1. The van der Waals surface area contributed by atoms with Crippen LogP contribution >= 0.6 is 0 Å². The van der Waals surface area contributed by atoms with Crippen LogP contribution in [-0.4, -0.2) is 30.3 Å². The summed E-state index contributed by atoms with van der Waals surface area (Å²) in [7, 11) is 0. The third kappa shape index (κ3) is 8.24. The van der Waals surface area contributed by atoms with Gasteiger partial charge in [0.25, 0.3) is 0 Å². The van der Waals surface area contributed by atoms with Crippen molar-refractivity contribution in [2.24, 2.45) is 5.92 Å². The van der Waals surface area contributed by atoms with Crippen LogP contribution in [0.15, 0.2) is 30.3 Å². The number of rotatable bonds is 7. The molecule has 0 saturated carbocycles. The second kappa shape index (κ2) is 8.56. The summed E-state index contributed by atoms with van der Waals surface area (Å²) in [5.74, 6) is -0.670. The van der Waals surface area contributed by atoms with Crippen molar-refractivity contribution in [2.75, 3.05) is 6.61 Å². The van der Waals surface area contributed by atoms with E-state index in [9.17, 15) is 9.59 Å². The molecule has 0 saturated heterocycles. The summed E-state index contributed by atoms with van der Waals surface area (Å²) >= 11 is 0. The van der Waals surface area contributed by atoms with Crippen molar-refractivity contribution < 1.29 is 23.8 Å². The first-order valence-corrected chi connectivity index (χ1v) is 7.77. The van der Waals surface area contributed by atoms with E-state index in [0.29, 0.717) is 0 Å². The third-order valence-electron chi connectivity index (χ3n) is 2.84. The average Bonchev–Trinajstić information content (AvgIpc) is 2.44. The number of ether oxygens (including phenoxy) is 3. The predicted octanol–water partition coefficient (Wildman–Crippen LogP) is 3.37. The van der Waals surface area contributed by atoms with E-state index in [1.165, 1.54) is 0 Å². The molecule has 0 unspecified atom stereocenters. The maximum atomic E-state index is 12.0. The Morgan fingerprint density at radius 1 is 1.09 bits per heavy atom. The first-order valence-electron chi connectivity index (χ1n) is 7.77. The van der Waals surface area contributed by atoms with Gasteiger partial charge in [-0.3, -0.25) is 9.59 Å². The van der Waals surface area contributed by atoms with E-state index in [0.717, 1.165) is 5.75 Å². The highest BCUT2D eigenvalue weighted by atomic mass is 16.6. The minimum Gasteiger partial charge on any atom is -0.490 e. The molecular formula is C18H26O5. The molecule has 0 aromatic heterocycles. The molecule has 0 spiro atoms. The van der Waals surface area contributed by atoms with Crippen LogP contribution in [-0.2, 0) is 19.1 Å². The summed E-state index contributed by atoms with van der Waals surface area (Å²) in [5, 5.41) is 0. The second-order valence-electron chi connectivity index (χ2n) is 6.56. The first kappa shape index (κ1) is 19.0. The van der Waals surface area contributed by atoms with Gasteiger partial charge in [-0.15, -0.1) is 0 Å². The quantitative estimate of drug-likeness (QED) is 0.720. The number of hydrogen-bond donors (Lipinski definition) is 0. The topological polar surface area (TPSA) is 61.8 Å². The molecule has 1 aromatic carbocycles. The fraction of sp³-hybridized carbons (Fsp3) is 0.556. The molecule has 0 radical (unpaired) electrons. The van der Waals surface area contributed by atoms with E-state index in [4.69, 9.17) is 14.2 Å². The van der Waals surface area contributed by atoms with Gasteiger partial charge >= 0.3 is 11.9 Å². The van der Waals surface area contributed by atoms with Crippen LogP contribution in [0, 0.1) is 5.92 Å². The summed E-state index contributed by atoms with van der Waals surface area (Å²) in [6.45, 7) is 9.03. The molecule has 0 fully saturated rings. The van der Waals surface area contributed by atoms with Crippen molar-refractivity contribution in [3.05, 3.63) is 30.3 Å². The maximum absolute atomic E-state index is 12.0. The van der Waals surface area contributed by atoms with Gasteiger partial charge in [0.15, 0.2) is 0 Å². The van der Waals surface area contributed by atoms with Crippen LogP contribution < -0.4 is 4.74 Å². The molecule has 0 heterocycles. The van der Waals surface area contributed by atoms with Crippen molar-refractivity contribution >= 4 is 11.9 Å². The molecule has 5 nitrogen and oxygen atoms in total. The van der Waals surface area contributed by atoms with Gasteiger partial charge in [-0.05, 0) is 39.8 Å². The Hall–Kier alpha value is -2.04. The van der Waals surface area contributed by atoms with Gasteiger partial charge in [0, 0.05) is 0 Å². The largest absolute Gasteiger partial charge is 0.490 e. The summed E-state index contributed by atoms with van der Waals surface area (Å²) < 4.78 is 16.0. The van der Waals surface area contributed by atoms with Crippen LogP contribution in [0.25, 0.3) is 0 Å². The summed E-state index contributed by atoms with van der Waals surface area (Å²) in [4.78, 5) is 23.7. The number of para-hydroxylation sites is 1. The van der Waals surface area contributed by atoms with Gasteiger partial charge in [-0.25, -0.2) is 0 Å². The number of carbonyl (C=O) groups excluding carboxylic acids is 2. The molecule has 5 heteroatoms. The Labute approximate surface area is 137 Å². The predicted molar refractivity (Wildman–Crippen MR) is 87.1 cm³/mol. The van der Waals surface area contributed by atoms with Gasteiger partial charge in [-0.1, -0.05) is 25.1 Å². The van der Waals surface area contributed by atoms with E-state index in [1.807, 2.05) is 30.3 Å². The lowest BCUT2D eigenvalue weighted by atomic mass is 10.1. The van der Waals surface area contributed by atoms with E-state index >= 15 is 0 Å². The second-order valence-corrected chi connectivity index (χ2v) is 6.56. The molecule has 128 valence electrons. The van der Waals surface area contributed by atoms with Crippen molar-refractivity contribution in [2.45, 2.75) is 52.7 Å². The van der Waals surface area contributed by atoms with Crippen LogP contribution in [0.5, 0.6) is 5.75 Å². The Bertz CT molecular complexity index is 504. The fourth-order valence-corrected chi connectivity index (χ4v) is 1.80. The Balaban J connectivity index is 2.35. The van der Waals surface area contributed by atoms with Crippen LogP contribution in [0.4, 0.5) is 0 Å². The molecule has 0 aliphatic carbocycles. The van der Waals surface area contributed by atoms with Crippen molar-refractivity contribution in [1.29, 1.82) is 0 Å². The molecule has 23 heavy (non-hydrogen) atoms. The van der Waals surface area contributed by atoms with E-state index in [2.05, 4.69) is 0 Å². The molecule has 0 aliphatic rings. The van der Waals surface area contributed by atoms with Crippen molar-refractivity contribution in [3.63, 3.8) is 0 Å². The molecule has 0 N–H and O–H groups in total. The van der Waals surface area contributed by atoms with Gasteiger partial charge in [-0.2, -0.15) is 0 Å². The summed E-state index contributed by atoms with van der Waals surface area (Å²) in [5.41, 5.74) is -0.558. The highest BCUT2D eigenvalue weighted by molar-refractivity contribution is 5.79. The van der Waals surface area contributed by atoms with E-state index in [1.54, 1.807) is 34.6 Å². The summed E-state index contributed by atoms with van der Waals surface area (Å²) in [6.07, 6.45) is -0.397. The lowest BCUT2D eigenvalue weighted by Gasteiger charge is -2.21. The van der Waals surface area contributed by atoms with Crippen LogP contribution in [0.1, 0.15) is 41.0 Å². The number of esters is 2. The van der Waals surface area contributed by atoms with Crippen LogP contribution in [0.3, 0.4) is 0 Å². The molecule has 2 atom stereocenters. The smallest absolute Gasteiger partial charge is 0.309 e. The highest BCUT2D eigenvalue weighted by Gasteiger charge is 2.24. The maximum Gasteiger partial charge on any atom is 0.309 e. The van der Waals surface area contributed by atoms with E-state index < -0.39 is 29.6 Å². The lowest BCUT2D eigenvalue weighted by molar-refractivity contribution is -0.163. The van der Waals surface area contributed by atoms with Gasteiger partial charge < -0.3 is 14.2 Å². The standard InChI is InChI=1S/C18H26O5/c1-13(11-16(19)23-18(3,4)5)17(20)22-14(2)12-21-15-9-7-6-8-10-15/h6-10,13-14H,11-12H2,1-5H3/t13-,14+/m1/s1. The Morgan fingerprint density at radius 3 is 2.26 bits per heavy atom. The Morgan fingerprint density at radius 2 is 1.70 bits per heavy atom. The monoisotopic (exact) mass is 322 g/mol. The normalized spacial score (nSPS) is 13.8. The van der Waals surface area contributed by atoms with Crippen LogP contribution in [0.2, 0.25) is 0 Å². The molecule has 1 aromatic rings.